The molecule has 1 fully saturated rings. The summed E-state index contributed by atoms with van der Waals surface area (Å²) in [5.74, 6) is 1.65. The largest absolute Gasteiger partial charge is 0.0999 e. The van der Waals surface area contributed by atoms with Gasteiger partial charge in [0.15, 0.2) is 0 Å². The lowest BCUT2D eigenvalue weighted by Crippen LogP contribution is -2.30. The topological polar surface area (TPSA) is 0 Å². The van der Waals surface area contributed by atoms with Gasteiger partial charge in [0.2, 0.25) is 0 Å². The predicted molar refractivity (Wildman–Crippen MR) is 55.1 cm³/mol. The van der Waals surface area contributed by atoms with E-state index in [9.17, 15) is 0 Å². The van der Waals surface area contributed by atoms with E-state index in [4.69, 9.17) is 0 Å². The van der Waals surface area contributed by atoms with Crippen molar-refractivity contribution in [3.63, 3.8) is 0 Å². The summed E-state index contributed by atoms with van der Waals surface area (Å²) in [7, 11) is 0. The van der Waals surface area contributed by atoms with E-state index in [-0.39, 0.29) is 0 Å². The smallest absolute Gasteiger partial charge is 0.0206 e. The van der Waals surface area contributed by atoms with Crippen molar-refractivity contribution in [2.75, 3.05) is 0 Å². The van der Waals surface area contributed by atoms with Crippen molar-refractivity contribution in [3.05, 3.63) is 12.2 Å². The van der Waals surface area contributed by atoms with E-state index in [0.717, 1.165) is 11.8 Å². The molecule has 12 heavy (non-hydrogen) atoms. The van der Waals surface area contributed by atoms with Crippen LogP contribution in [0.4, 0.5) is 0 Å². The Morgan fingerprint density at radius 3 is 2.42 bits per heavy atom. The molecule has 0 aromatic carbocycles. The molecule has 0 radical (unpaired) electrons. The highest BCUT2D eigenvalue weighted by Gasteiger charge is 2.33. The van der Waals surface area contributed by atoms with Gasteiger partial charge in [0.25, 0.3) is 0 Å². The molecule has 0 aliphatic heterocycles. The van der Waals surface area contributed by atoms with Crippen LogP contribution >= 0.6 is 0 Å². The summed E-state index contributed by atoms with van der Waals surface area (Å²) < 4.78 is 0. The number of hydrogen-bond acceptors (Lipinski definition) is 0. The molecule has 0 spiro atoms. The molecule has 1 saturated carbocycles. The lowest BCUT2D eigenvalue weighted by atomic mass is 9.65. The van der Waals surface area contributed by atoms with Crippen LogP contribution in [0.3, 0.4) is 0 Å². The maximum absolute atomic E-state index is 4.06. The van der Waals surface area contributed by atoms with Gasteiger partial charge in [-0.05, 0) is 43.4 Å². The minimum atomic E-state index is 0.561. The number of rotatable bonds is 1. The molecule has 1 aliphatic carbocycles. The lowest BCUT2D eigenvalue weighted by Gasteiger charge is -2.40. The third-order valence-electron chi connectivity index (χ3n) is 3.81. The highest BCUT2D eigenvalue weighted by Crippen LogP contribution is 2.44. The third-order valence-corrected chi connectivity index (χ3v) is 3.81. The van der Waals surface area contributed by atoms with Gasteiger partial charge in [0.1, 0.15) is 0 Å². The zero-order valence-corrected chi connectivity index (χ0v) is 8.98. The Morgan fingerprint density at radius 1 is 1.42 bits per heavy atom. The third kappa shape index (κ3) is 1.91. The van der Waals surface area contributed by atoms with Crippen molar-refractivity contribution in [1.29, 1.82) is 0 Å². The molecule has 0 nitrogen and oxygen atoms in total. The average Bonchev–Trinajstić information content (AvgIpc) is 1.94. The van der Waals surface area contributed by atoms with Crippen molar-refractivity contribution in [2.45, 2.75) is 47.0 Å². The van der Waals surface area contributed by atoms with Crippen LogP contribution in [0.2, 0.25) is 0 Å². The van der Waals surface area contributed by atoms with Gasteiger partial charge < -0.3 is 0 Å². The predicted octanol–water partition coefficient (Wildman–Crippen LogP) is 4.02. The first-order valence-electron chi connectivity index (χ1n) is 5.09. The SMILES string of the molecule is C=C(C)[C@H]1CCC(C)(C)C(C)C1. The fourth-order valence-corrected chi connectivity index (χ4v) is 2.10. The molecule has 1 unspecified atom stereocenters. The second kappa shape index (κ2) is 3.24. The second-order valence-corrected chi connectivity index (χ2v) is 5.21. The number of hydrogen-bond donors (Lipinski definition) is 0. The first-order chi connectivity index (χ1) is 5.43. The summed E-state index contributed by atoms with van der Waals surface area (Å²) in [4.78, 5) is 0. The van der Waals surface area contributed by atoms with Gasteiger partial charge in [0.05, 0.1) is 0 Å². The van der Waals surface area contributed by atoms with Crippen LogP contribution < -0.4 is 0 Å². The van der Waals surface area contributed by atoms with Crippen LogP contribution in [0.15, 0.2) is 12.2 Å². The average molecular weight is 166 g/mol. The molecule has 0 bridgehead atoms. The summed E-state index contributed by atoms with van der Waals surface area (Å²) in [6.45, 7) is 13.4. The van der Waals surface area contributed by atoms with Crippen LogP contribution in [-0.4, -0.2) is 0 Å². The molecule has 0 saturated heterocycles. The highest BCUT2D eigenvalue weighted by molar-refractivity contribution is 5.00. The monoisotopic (exact) mass is 166 g/mol. The van der Waals surface area contributed by atoms with Gasteiger partial charge in [-0.15, -0.1) is 0 Å². The van der Waals surface area contributed by atoms with Gasteiger partial charge >= 0.3 is 0 Å². The fraction of sp³-hybridized carbons (Fsp3) is 0.833. The molecule has 0 heterocycles. The Bertz CT molecular complexity index is 176. The Morgan fingerprint density at radius 2 is 2.00 bits per heavy atom. The maximum Gasteiger partial charge on any atom is -0.0206 e. The minimum absolute atomic E-state index is 0.561. The first-order valence-corrected chi connectivity index (χ1v) is 5.09. The van der Waals surface area contributed by atoms with E-state index in [2.05, 4.69) is 34.3 Å². The summed E-state index contributed by atoms with van der Waals surface area (Å²) >= 11 is 0. The summed E-state index contributed by atoms with van der Waals surface area (Å²) in [5.41, 5.74) is 1.95. The zero-order chi connectivity index (χ0) is 9.35. The van der Waals surface area contributed by atoms with E-state index in [1.54, 1.807) is 0 Å². The molecule has 0 aromatic heterocycles. The van der Waals surface area contributed by atoms with Crippen LogP contribution in [0.5, 0.6) is 0 Å². The van der Waals surface area contributed by atoms with E-state index >= 15 is 0 Å². The molecule has 70 valence electrons. The van der Waals surface area contributed by atoms with Gasteiger partial charge in [0, 0.05) is 0 Å². The summed E-state index contributed by atoms with van der Waals surface area (Å²) in [6.07, 6.45) is 4.07. The van der Waals surface area contributed by atoms with Crippen molar-refractivity contribution >= 4 is 0 Å². The standard InChI is InChI=1S/C12H22/c1-9(2)11-6-7-12(4,5)10(3)8-11/h10-11H,1,6-8H2,2-5H3/t10?,11-/m0/s1. The van der Waals surface area contributed by atoms with E-state index < -0.39 is 0 Å². The van der Waals surface area contributed by atoms with Gasteiger partial charge in [-0.3, -0.25) is 0 Å². The van der Waals surface area contributed by atoms with Crippen LogP contribution in [0, 0.1) is 17.3 Å². The summed E-state index contributed by atoms with van der Waals surface area (Å²) in [5, 5.41) is 0. The molecule has 0 amide bonds. The van der Waals surface area contributed by atoms with E-state index in [1.807, 2.05) is 0 Å². The fourth-order valence-electron chi connectivity index (χ4n) is 2.10. The minimum Gasteiger partial charge on any atom is -0.0999 e. The van der Waals surface area contributed by atoms with Crippen LogP contribution in [0.25, 0.3) is 0 Å². The first kappa shape index (κ1) is 9.83. The summed E-state index contributed by atoms with van der Waals surface area (Å²) in [6, 6.07) is 0. The molecular formula is C12H22. The van der Waals surface area contributed by atoms with Gasteiger partial charge in [-0.25, -0.2) is 0 Å². The van der Waals surface area contributed by atoms with E-state index in [1.165, 1.54) is 24.8 Å². The maximum atomic E-state index is 4.06. The molecule has 0 heteroatoms. The highest BCUT2D eigenvalue weighted by atomic mass is 14.4. The van der Waals surface area contributed by atoms with Crippen molar-refractivity contribution in [2.24, 2.45) is 17.3 Å². The molecule has 1 rings (SSSR count). The lowest BCUT2D eigenvalue weighted by molar-refractivity contribution is 0.125. The molecular weight excluding hydrogens is 144 g/mol. The molecule has 0 aromatic rings. The van der Waals surface area contributed by atoms with Gasteiger partial charge in [-0.1, -0.05) is 32.9 Å². The molecule has 2 atom stereocenters. The quantitative estimate of drug-likeness (QED) is 0.516. The second-order valence-electron chi connectivity index (χ2n) is 5.21. The van der Waals surface area contributed by atoms with Crippen molar-refractivity contribution < 1.29 is 0 Å². The van der Waals surface area contributed by atoms with Crippen molar-refractivity contribution in [1.82, 2.24) is 0 Å². The molecule has 0 N–H and O–H groups in total. The Labute approximate surface area is 77.1 Å². The Kier molecular flexibility index (Phi) is 2.65. The Hall–Kier alpha value is -0.260. The Balaban J connectivity index is 2.58. The normalized spacial score (nSPS) is 34.7. The van der Waals surface area contributed by atoms with Gasteiger partial charge in [-0.2, -0.15) is 0 Å². The van der Waals surface area contributed by atoms with E-state index in [0.29, 0.717) is 5.41 Å². The molecule has 1 aliphatic rings. The van der Waals surface area contributed by atoms with Crippen LogP contribution in [-0.2, 0) is 0 Å². The zero-order valence-electron chi connectivity index (χ0n) is 8.98. The van der Waals surface area contributed by atoms with Crippen molar-refractivity contribution in [3.8, 4) is 0 Å². The number of allylic oxidation sites excluding steroid dienone is 1. The van der Waals surface area contributed by atoms with Crippen LogP contribution in [0.1, 0.15) is 47.0 Å².